The molecule has 72 valence electrons. The molecule has 0 amide bonds. The van der Waals surface area contributed by atoms with Crippen molar-refractivity contribution < 1.29 is 9.84 Å². The van der Waals surface area contributed by atoms with Crippen molar-refractivity contribution in [3.05, 3.63) is 35.9 Å². The average Bonchev–Trinajstić information content (AvgIpc) is 2.21. The van der Waals surface area contributed by atoms with Gasteiger partial charge in [0.2, 0.25) is 0 Å². The molecule has 3 heteroatoms. The van der Waals surface area contributed by atoms with E-state index in [2.05, 4.69) is 15.9 Å². The highest BCUT2D eigenvalue weighted by atomic mass is 79.9. The van der Waals surface area contributed by atoms with Crippen LogP contribution in [0.2, 0.25) is 0 Å². The zero-order valence-corrected chi connectivity index (χ0v) is 8.90. The van der Waals surface area contributed by atoms with Gasteiger partial charge in [0.25, 0.3) is 0 Å². The van der Waals surface area contributed by atoms with Crippen molar-refractivity contribution in [3.63, 3.8) is 0 Å². The molecular weight excluding hydrogens is 232 g/mol. The fraction of sp³-hybridized carbons (Fsp3) is 0.400. The molecule has 0 aromatic heterocycles. The SMILES string of the molecule is OCCO[C@H](CBr)c1ccccc1. The first-order valence-electron chi connectivity index (χ1n) is 4.22. The number of rotatable bonds is 5. The van der Waals surface area contributed by atoms with E-state index >= 15 is 0 Å². The molecule has 0 heterocycles. The third-order valence-electron chi connectivity index (χ3n) is 1.72. The first kappa shape index (κ1) is 10.7. The third-order valence-corrected chi connectivity index (χ3v) is 2.31. The number of aliphatic hydroxyl groups is 1. The topological polar surface area (TPSA) is 29.5 Å². The molecule has 0 aliphatic heterocycles. The highest BCUT2D eigenvalue weighted by Gasteiger charge is 2.08. The zero-order chi connectivity index (χ0) is 9.52. The van der Waals surface area contributed by atoms with Crippen LogP contribution in [-0.2, 0) is 4.74 Å². The normalized spacial score (nSPS) is 12.8. The molecule has 0 aliphatic carbocycles. The standard InChI is InChI=1S/C10H13BrO2/c11-8-10(13-7-6-12)9-4-2-1-3-5-9/h1-5,10,12H,6-8H2/t10-/m1/s1. The molecule has 0 saturated carbocycles. The van der Waals surface area contributed by atoms with E-state index in [1.165, 1.54) is 0 Å². The van der Waals surface area contributed by atoms with Gasteiger partial charge in [-0.2, -0.15) is 0 Å². The van der Waals surface area contributed by atoms with Crippen LogP contribution in [0.1, 0.15) is 11.7 Å². The Morgan fingerprint density at radius 2 is 2.00 bits per heavy atom. The maximum atomic E-state index is 8.62. The maximum Gasteiger partial charge on any atom is 0.0922 e. The lowest BCUT2D eigenvalue weighted by Gasteiger charge is -2.14. The van der Waals surface area contributed by atoms with Gasteiger partial charge in [0, 0.05) is 5.33 Å². The fourth-order valence-corrected chi connectivity index (χ4v) is 1.65. The van der Waals surface area contributed by atoms with Gasteiger partial charge in [0.15, 0.2) is 0 Å². The Morgan fingerprint density at radius 1 is 1.31 bits per heavy atom. The predicted octanol–water partition coefficient (Wildman–Crippen LogP) is 2.13. The van der Waals surface area contributed by atoms with Crippen LogP contribution in [0.25, 0.3) is 0 Å². The van der Waals surface area contributed by atoms with E-state index in [0.29, 0.717) is 6.61 Å². The van der Waals surface area contributed by atoms with Gasteiger partial charge in [-0.15, -0.1) is 0 Å². The van der Waals surface area contributed by atoms with Gasteiger partial charge in [-0.05, 0) is 5.56 Å². The zero-order valence-electron chi connectivity index (χ0n) is 7.32. The maximum absolute atomic E-state index is 8.62. The van der Waals surface area contributed by atoms with Gasteiger partial charge < -0.3 is 9.84 Å². The van der Waals surface area contributed by atoms with Crippen LogP contribution in [0, 0.1) is 0 Å². The molecule has 1 aromatic carbocycles. The van der Waals surface area contributed by atoms with E-state index in [4.69, 9.17) is 9.84 Å². The van der Waals surface area contributed by atoms with E-state index < -0.39 is 0 Å². The van der Waals surface area contributed by atoms with E-state index in [1.807, 2.05) is 30.3 Å². The summed E-state index contributed by atoms with van der Waals surface area (Å²) < 4.78 is 5.43. The summed E-state index contributed by atoms with van der Waals surface area (Å²) in [6.07, 6.45) is 0.0355. The highest BCUT2D eigenvalue weighted by Crippen LogP contribution is 2.18. The van der Waals surface area contributed by atoms with Crippen molar-refractivity contribution in [2.45, 2.75) is 6.10 Å². The lowest BCUT2D eigenvalue weighted by molar-refractivity contribution is 0.0418. The van der Waals surface area contributed by atoms with Crippen molar-refractivity contribution in [3.8, 4) is 0 Å². The molecule has 0 aliphatic rings. The lowest BCUT2D eigenvalue weighted by Crippen LogP contribution is -2.08. The van der Waals surface area contributed by atoms with Crippen LogP contribution in [-0.4, -0.2) is 23.7 Å². The van der Waals surface area contributed by atoms with Gasteiger partial charge in [0.05, 0.1) is 19.3 Å². The smallest absolute Gasteiger partial charge is 0.0922 e. The van der Waals surface area contributed by atoms with E-state index in [0.717, 1.165) is 10.9 Å². The number of benzene rings is 1. The van der Waals surface area contributed by atoms with E-state index in [9.17, 15) is 0 Å². The largest absolute Gasteiger partial charge is 0.394 e. The van der Waals surface area contributed by atoms with Crippen LogP contribution in [0.3, 0.4) is 0 Å². The molecule has 13 heavy (non-hydrogen) atoms. The first-order chi connectivity index (χ1) is 6.38. The van der Waals surface area contributed by atoms with Crippen molar-refractivity contribution in [2.75, 3.05) is 18.5 Å². The Hall–Kier alpha value is -0.380. The van der Waals surface area contributed by atoms with Crippen LogP contribution in [0.4, 0.5) is 0 Å². The minimum absolute atomic E-state index is 0.0355. The Labute approximate surface area is 86.7 Å². The molecule has 0 saturated heterocycles. The summed E-state index contributed by atoms with van der Waals surface area (Å²) in [5.41, 5.74) is 1.13. The predicted molar refractivity (Wildman–Crippen MR) is 56.0 cm³/mol. The minimum Gasteiger partial charge on any atom is -0.394 e. The summed E-state index contributed by atoms with van der Waals surface area (Å²) in [5.74, 6) is 0. The number of hydrogen-bond acceptors (Lipinski definition) is 2. The first-order valence-corrected chi connectivity index (χ1v) is 5.34. The second kappa shape index (κ2) is 6.13. The second-order valence-electron chi connectivity index (χ2n) is 2.65. The number of ether oxygens (including phenoxy) is 1. The molecule has 0 bridgehead atoms. The molecule has 2 nitrogen and oxygen atoms in total. The summed E-state index contributed by atoms with van der Waals surface area (Å²) in [7, 11) is 0. The molecular formula is C10H13BrO2. The van der Waals surface area contributed by atoms with Gasteiger partial charge in [0.1, 0.15) is 0 Å². The summed E-state index contributed by atoms with van der Waals surface area (Å²) in [5, 5.41) is 9.36. The molecule has 0 fully saturated rings. The monoisotopic (exact) mass is 244 g/mol. The summed E-state index contributed by atoms with van der Waals surface area (Å²) >= 11 is 3.38. The van der Waals surface area contributed by atoms with Crippen molar-refractivity contribution in [1.82, 2.24) is 0 Å². The third kappa shape index (κ3) is 3.46. The number of alkyl halides is 1. The summed E-state index contributed by atoms with van der Waals surface area (Å²) in [6.45, 7) is 0.446. The molecule has 1 atom stereocenters. The highest BCUT2D eigenvalue weighted by molar-refractivity contribution is 9.09. The van der Waals surface area contributed by atoms with Gasteiger partial charge >= 0.3 is 0 Å². The van der Waals surface area contributed by atoms with E-state index in [1.54, 1.807) is 0 Å². The fourth-order valence-electron chi connectivity index (χ4n) is 1.09. The summed E-state index contributed by atoms with van der Waals surface area (Å²) in [6, 6.07) is 9.97. The second-order valence-corrected chi connectivity index (χ2v) is 3.30. The molecule has 1 N–H and O–H groups in total. The van der Waals surface area contributed by atoms with Gasteiger partial charge in [-0.1, -0.05) is 46.3 Å². The molecule has 0 spiro atoms. The quantitative estimate of drug-likeness (QED) is 0.805. The molecule has 1 rings (SSSR count). The molecule has 1 aromatic rings. The Kier molecular flexibility index (Phi) is 5.05. The lowest BCUT2D eigenvalue weighted by atomic mass is 10.1. The van der Waals surface area contributed by atoms with Crippen LogP contribution < -0.4 is 0 Å². The van der Waals surface area contributed by atoms with E-state index in [-0.39, 0.29) is 12.7 Å². The Bertz CT molecular complexity index is 226. The summed E-state index contributed by atoms with van der Waals surface area (Å²) in [4.78, 5) is 0. The van der Waals surface area contributed by atoms with Gasteiger partial charge in [-0.3, -0.25) is 0 Å². The van der Waals surface area contributed by atoms with Gasteiger partial charge in [-0.25, -0.2) is 0 Å². The Balaban J connectivity index is 2.56. The van der Waals surface area contributed by atoms with Crippen LogP contribution >= 0.6 is 15.9 Å². The minimum atomic E-state index is 0.0355. The molecule has 0 unspecified atom stereocenters. The number of aliphatic hydroxyl groups excluding tert-OH is 1. The van der Waals surface area contributed by atoms with Crippen molar-refractivity contribution in [1.29, 1.82) is 0 Å². The average molecular weight is 245 g/mol. The number of hydrogen-bond donors (Lipinski definition) is 1. The number of halogens is 1. The van der Waals surface area contributed by atoms with Crippen molar-refractivity contribution in [2.24, 2.45) is 0 Å². The van der Waals surface area contributed by atoms with Crippen molar-refractivity contribution >= 4 is 15.9 Å². The Morgan fingerprint density at radius 3 is 2.54 bits per heavy atom. The molecule has 0 radical (unpaired) electrons. The van der Waals surface area contributed by atoms with Crippen LogP contribution in [0.15, 0.2) is 30.3 Å². The van der Waals surface area contributed by atoms with Crippen LogP contribution in [0.5, 0.6) is 0 Å².